The molecule has 98 valence electrons. The molecule has 0 bridgehead atoms. The maximum Gasteiger partial charge on any atom is 0.265 e. The molecule has 3 nitrogen and oxygen atoms in total. The highest BCUT2D eigenvalue weighted by Gasteiger charge is 2.29. The van der Waals surface area contributed by atoms with Gasteiger partial charge in [-0.2, -0.15) is 0 Å². The van der Waals surface area contributed by atoms with Gasteiger partial charge in [-0.15, -0.1) is 0 Å². The van der Waals surface area contributed by atoms with Crippen molar-refractivity contribution in [3.05, 3.63) is 48.2 Å². The number of aromatic amines is 1. The van der Waals surface area contributed by atoms with E-state index >= 15 is 0 Å². The Morgan fingerprint density at radius 3 is 2.68 bits per heavy atom. The van der Waals surface area contributed by atoms with E-state index in [0.29, 0.717) is 21.2 Å². The third-order valence-corrected chi connectivity index (χ3v) is 5.04. The van der Waals surface area contributed by atoms with Crippen LogP contribution in [0, 0.1) is 0 Å². The number of H-pyrrole nitrogens is 1. The van der Waals surface area contributed by atoms with Gasteiger partial charge in [0.15, 0.2) is 0 Å². The van der Waals surface area contributed by atoms with Crippen molar-refractivity contribution < 1.29 is 0 Å². The summed E-state index contributed by atoms with van der Waals surface area (Å²) < 4.78 is 1.36. The van der Waals surface area contributed by atoms with E-state index in [1.165, 1.54) is 0 Å². The van der Waals surface area contributed by atoms with Crippen LogP contribution in [-0.2, 0) is 0 Å². The molecule has 0 saturated heterocycles. The van der Waals surface area contributed by atoms with Gasteiger partial charge in [-0.05, 0) is 56.8 Å². The summed E-state index contributed by atoms with van der Waals surface area (Å²) in [5.41, 5.74) is 1.50. The van der Waals surface area contributed by atoms with E-state index in [2.05, 4.69) is 41.8 Å². The van der Waals surface area contributed by atoms with Gasteiger partial charge >= 0.3 is 0 Å². The van der Waals surface area contributed by atoms with Crippen molar-refractivity contribution in [2.75, 3.05) is 0 Å². The van der Waals surface area contributed by atoms with Gasteiger partial charge in [0.25, 0.3) is 5.56 Å². The largest absolute Gasteiger partial charge is 0.306 e. The van der Waals surface area contributed by atoms with Crippen molar-refractivity contribution in [3.8, 4) is 11.4 Å². The van der Waals surface area contributed by atoms with E-state index in [-0.39, 0.29) is 5.56 Å². The molecule has 2 aromatic rings. The maximum absolute atomic E-state index is 11.9. The predicted octanol–water partition coefficient (Wildman–Crippen LogP) is 4.49. The zero-order chi connectivity index (χ0) is 13.6. The molecule has 0 aliphatic heterocycles. The Morgan fingerprint density at radius 1 is 1.32 bits per heavy atom. The van der Waals surface area contributed by atoms with E-state index in [4.69, 9.17) is 11.6 Å². The molecule has 19 heavy (non-hydrogen) atoms. The normalized spacial score (nSPS) is 14.7. The summed E-state index contributed by atoms with van der Waals surface area (Å²) in [5.74, 6) is 0.964. The quantitative estimate of drug-likeness (QED) is 0.802. The first-order valence-electron chi connectivity index (χ1n) is 5.81. The maximum atomic E-state index is 11.9. The summed E-state index contributed by atoms with van der Waals surface area (Å²) in [4.78, 5) is 19.3. The standard InChI is InChI=1S/C13H9Br2ClN2O/c14-8-4-3-7(5-9(8)16)12-17-11(6-1-2-6)10(15)13(19)18-12/h3-6H,1-2H2,(H,17,18,19). The zero-order valence-electron chi connectivity index (χ0n) is 9.71. The summed E-state index contributed by atoms with van der Waals surface area (Å²) in [5, 5.41) is 0.594. The average molecular weight is 404 g/mol. The molecule has 0 unspecified atom stereocenters. The number of benzene rings is 1. The number of aromatic nitrogens is 2. The molecule has 0 radical (unpaired) electrons. The van der Waals surface area contributed by atoms with Crippen LogP contribution in [0.3, 0.4) is 0 Å². The molecule has 1 saturated carbocycles. The molecule has 1 aliphatic carbocycles. The molecular weight excluding hydrogens is 395 g/mol. The highest BCUT2D eigenvalue weighted by atomic mass is 79.9. The second-order valence-corrected chi connectivity index (χ2v) is 6.57. The third-order valence-electron chi connectivity index (χ3n) is 3.05. The van der Waals surface area contributed by atoms with Crippen molar-refractivity contribution in [3.63, 3.8) is 0 Å². The molecule has 1 N–H and O–H groups in total. The number of hydrogen-bond acceptors (Lipinski definition) is 2. The highest BCUT2D eigenvalue weighted by Crippen LogP contribution is 2.41. The summed E-state index contributed by atoms with van der Waals surface area (Å²) >= 11 is 12.7. The first-order valence-corrected chi connectivity index (χ1v) is 7.78. The van der Waals surface area contributed by atoms with Crippen LogP contribution in [-0.4, -0.2) is 9.97 Å². The second kappa shape index (κ2) is 5.04. The van der Waals surface area contributed by atoms with Crippen molar-refractivity contribution in [2.24, 2.45) is 0 Å². The third kappa shape index (κ3) is 2.64. The van der Waals surface area contributed by atoms with Gasteiger partial charge in [-0.25, -0.2) is 4.98 Å². The van der Waals surface area contributed by atoms with Crippen molar-refractivity contribution in [2.45, 2.75) is 18.8 Å². The Morgan fingerprint density at radius 2 is 2.05 bits per heavy atom. The molecule has 0 atom stereocenters. The molecule has 3 rings (SSSR count). The minimum absolute atomic E-state index is 0.147. The Labute approximate surface area is 131 Å². The van der Waals surface area contributed by atoms with Crippen molar-refractivity contribution >= 4 is 43.5 Å². The topological polar surface area (TPSA) is 45.8 Å². The van der Waals surface area contributed by atoms with Gasteiger partial charge in [0.05, 0.1) is 10.7 Å². The number of nitrogens with zero attached hydrogens (tertiary/aromatic N) is 1. The highest BCUT2D eigenvalue weighted by molar-refractivity contribution is 9.10. The van der Waals surface area contributed by atoms with Gasteiger partial charge in [-0.3, -0.25) is 4.79 Å². The number of rotatable bonds is 2. The second-order valence-electron chi connectivity index (χ2n) is 4.52. The van der Waals surface area contributed by atoms with Gasteiger partial charge in [0.2, 0.25) is 0 Å². The lowest BCUT2D eigenvalue weighted by molar-refractivity contribution is 0.960. The van der Waals surface area contributed by atoms with Gasteiger partial charge in [0, 0.05) is 16.0 Å². The molecule has 0 amide bonds. The van der Waals surface area contributed by atoms with E-state index < -0.39 is 0 Å². The van der Waals surface area contributed by atoms with Crippen molar-refractivity contribution in [1.82, 2.24) is 9.97 Å². The Bertz CT molecular complexity index is 710. The van der Waals surface area contributed by atoms with E-state index in [9.17, 15) is 4.79 Å². The van der Waals surface area contributed by atoms with Crippen LogP contribution in [0.4, 0.5) is 0 Å². The number of hydrogen-bond donors (Lipinski definition) is 1. The van der Waals surface area contributed by atoms with Crippen LogP contribution < -0.4 is 5.56 Å². The van der Waals surface area contributed by atoms with Gasteiger partial charge in [0.1, 0.15) is 10.3 Å². The smallest absolute Gasteiger partial charge is 0.265 e. The monoisotopic (exact) mass is 402 g/mol. The lowest BCUT2D eigenvalue weighted by Crippen LogP contribution is -2.13. The molecule has 6 heteroatoms. The summed E-state index contributed by atoms with van der Waals surface area (Å²) in [6.07, 6.45) is 2.19. The van der Waals surface area contributed by atoms with Crippen LogP contribution in [0.1, 0.15) is 24.5 Å². The van der Waals surface area contributed by atoms with E-state index in [1.54, 1.807) is 6.07 Å². The van der Waals surface area contributed by atoms with Gasteiger partial charge in [-0.1, -0.05) is 17.7 Å². The van der Waals surface area contributed by atoms with Crippen molar-refractivity contribution in [1.29, 1.82) is 0 Å². The first-order chi connectivity index (χ1) is 9.06. The summed E-state index contributed by atoms with van der Waals surface area (Å²) in [6, 6.07) is 5.50. The lowest BCUT2D eigenvalue weighted by Gasteiger charge is -2.07. The minimum atomic E-state index is -0.147. The Kier molecular flexibility index (Phi) is 3.53. The molecular formula is C13H9Br2ClN2O. The van der Waals surface area contributed by atoms with Gasteiger partial charge < -0.3 is 4.98 Å². The number of nitrogens with one attached hydrogen (secondary N) is 1. The zero-order valence-corrected chi connectivity index (χ0v) is 13.6. The van der Waals surface area contributed by atoms with Crippen LogP contribution in [0.25, 0.3) is 11.4 Å². The Balaban J connectivity index is 2.14. The number of halogens is 3. The molecule has 1 fully saturated rings. The van der Waals surface area contributed by atoms with Crippen LogP contribution in [0.15, 0.2) is 31.9 Å². The van der Waals surface area contributed by atoms with E-state index in [0.717, 1.165) is 28.6 Å². The molecule has 1 aliphatic rings. The Hall–Kier alpha value is -0.650. The minimum Gasteiger partial charge on any atom is -0.306 e. The SMILES string of the molecule is O=c1[nH]c(-c2ccc(Br)c(Cl)c2)nc(C2CC2)c1Br. The van der Waals surface area contributed by atoms with E-state index in [1.807, 2.05) is 12.1 Å². The van der Waals surface area contributed by atoms with Crippen LogP contribution >= 0.6 is 43.5 Å². The first kappa shape index (κ1) is 13.3. The average Bonchev–Trinajstić information content (AvgIpc) is 3.20. The fraction of sp³-hybridized carbons (Fsp3) is 0.231. The molecule has 0 spiro atoms. The lowest BCUT2D eigenvalue weighted by atomic mass is 10.2. The molecule has 1 aromatic heterocycles. The molecule has 1 aromatic carbocycles. The van der Waals surface area contributed by atoms with Crippen LogP contribution in [0.2, 0.25) is 5.02 Å². The fourth-order valence-corrected chi connectivity index (χ4v) is 2.82. The summed E-state index contributed by atoms with van der Waals surface area (Å²) in [7, 11) is 0. The fourth-order valence-electron chi connectivity index (χ4n) is 1.88. The predicted molar refractivity (Wildman–Crippen MR) is 82.7 cm³/mol. The van der Waals surface area contributed by atoms with Crippen LogP contribution in [0.5, 0.6) is 0 Å². The molecule has 1 heterocycles. The summed E-state index contributed by atoms with van der Waals surface area (Å²) in [6.45, 7) is 0.